The number of carbonyl (C=O) groups excluding carboxylic acids is 2. The topological polar surface area (TPSA) is 111 Å². The number of nitrogens with one attached hydrogen (secondary N) is 1. The average molecular weight is 528 g/mol. The lowest BCUT2D eigenvalue weighted by Gasteiger charge is -2.35. The van der Waals surface area contributed by atoms with E-state index in [1.54, 1.807) is 38.2 Å². The van der Waals surface area contributed by atoms with Crippen LogP contribution in [0.1, 0.15) is 49.3 Å². The van der Waals surface area contributed by atoms with Crippen molar-refractivity contribution in [2.75, 3.05) is 24.4 Å². The molecule has 0 spiro atoms. The van der Waals surface area contributed by atoms with Gasteiger partial charge in [-0.1, -0.05) is 37.3 Å². The summed E-state index contributed by atoms with van der Waals surface area (Å²) in [7, 11) is 3.14. The van der Waals surface area contributed by atoms with Crippen LogP contribution in [0.2, 0.25) is 0 Å². The maximum absolute atomic E-state index is 14.0. The average Bonchev–Trinajstić information content (AvgIpc) is 3.11. The molecule has 1 heterocycles. The SMILES string of the molecule is CCC(=O)N1c2ccccc2NC2=C(C(=O)C[C@H](c3ccc(OC)c(OC)c3)C2)[C@H]1c1cccc([N+](=O)[O-])c1. The highest BCUT2D eigenvalue weighted by molar-refractivity contribution is 6.06. The van der Waals surface area contributed by atoms with Crippen molar-refractivity contribution in [2.45, 2.75) is 38.1 Å². The number of hydrogen-bond acceptors (Lipinski definition) is 7. The van der Waals surface area contributed by atoms with Gasteiger partial charge in [0.15, 0.2) is 17.3 Å². The van der Waals surface area contributed by atoms with Crippen molar-refractivity contribution >= 4 is 28.8 Å². The number of nitro groups is 1. The van der Waals surface area contributed by atoms with Gasteiger partial charge in [-0.3, -0.25) is 24.6 Å². The number of para-hydroxylation sites is 2. The molecule has 3 aromatic carbocycles. The molecular formula is C30H29N3O6. The maximum Gasteiger partial charge on any atom is 0.269 e. The van der Waals surface area contributed by atoms with E-state index in [4.69, 9.17) is 9.47 Å². The number of rotatable bonds is 6. The van der Waals surface area contributed by atoms with Crippen LogP contribution in [0.4, 0.5) is 17.1 Å². The molecule has 3 aromatic rings. The fourth-order valence-corrected chi connectivity index (χ4v) is 5.50. The van der Waals surface area contributed by atoms with Crippen molar-refractivity contribution in [3.8, 4) is 11.5 Å². The number of carbonyl (C=O) groups is 2. The Morgan fingerprint density at radius 3 is 2.49 bits per heavy atom. The van der Waals surface area contributed by atoms with Crippen molar-refractivity contribution in [1.82, 2.24) is 0 Å². The summed E-state index contributed by atoms with van der Waals surface area (Å²) in [4.78, 5) is 40.3. The molecule has 9 nitrogen and oxygen atoms in total. The van der Waals surface area contributed by atoms with E-state index < -0.39 is 11.0 Å². The van der Waals surface area contributed by atoms with Crippen LogP contribution in [0, 0.1) is 10.1 Å². The highest BCUT2D eigenvalue weighted by Gasteiger charge is 2.41. The van der Waals surface area contributed by atoms with Gasteiger partial charge in [0.05, 0.1) is 36.6 Å². The Morgan fingerprint density at radius 2 is 1.77 bits per heavy atom. The zero-order valence-corrected chi connectivity index (χ0v) is 22.0. The summed E-state index contributed by atoms with van der Waals surface area (Å²) in [5.41, 5.74) is 3.79. The maximum atomic E-state index is 14.0. The molecule has 200 valence electrons. The Morgan fingerprint density at radius 1 is 1.00 bits per heavy atom. The van der Waals surface area contributed by atoms with Crippen molar-refractivity contribution in [1.29, 1.82) is 0 Å². The molecule has 0 fully saturated rings. The molecule has 39 heavy (non-hydrogen) atoms. The van der Waals surface area contributed by atoms with E-state index in [9.17, 15) is 19.7 Å². The molecular weight excluding hydrogens is 498 g/mol. The molecule has 1 N–H and O–H groups in total. The molecule has 1 amide bonds. The highest BCUT2D eigenvalue weighted by Crippen LogP contribution is 2.48. The third-order valence-electron chi connectivity index (χ3n) is 7.34. The second kappa shape index (κ2) is 10.6. The van der Waals surface area contributed by atoms with Gasteiger partial charge in [-0.25, -0.2) is 0 Å². The Kier molecular flexibility index (Phi) is 7.06. The molecule has 0 unspecified atom stereocenters. The van der Waals surface area contributed by atoms with Crippen molar-refractivity contribution < 1.29 is 24.0 Å². The zero-order chi connectivity index (χ0) is 27.7. The van der Waals surface area contributed by atoms with E-state index in [2.05, 4.69) is 5.32 Å². The lowest BCUT2D eigenvalue weighted by atomic mass is 9.78. The Hall–Kier alpha value is -4.66. The van der Waals surface area contributed by atoms with E-state index in [1.165, 1.54) is 12.1 Å². The predicted molar refractivity (Wildman–Crippen MR) is 147 cm³/mol. The number of fused-ring (bicyclic) bond motifs is 1. The Bertz CT molecular complexity index is 1500. The van der Waals surface area contributed by atoms with E-state index in [0.29, 0.717) is 46.1 Å². The van der Waals surface area contributed by atoms with Crippen LogP contribution in [0.25, 0.3) is 0 Å². The molecule has 9 heteroatoms. The Labute approximate surface area is 226 Å². The second-order valence-electron chi connectivity index (χ2n) is 9.55. The van der Waals surface area contributed by atoms with E-state index in [0.717, 1.165) is 5.56 Å². The van der Waals surface area contributed by atoms with Gasteiger partial charge in [0, 0.05) is 36.2 Å². The van der Waals surface area contributed by atoms with Gasteiger partial charge in [-0.2, -0.15) is 0 Å². The number of nitrogens with zero attached hydrogens (tertiary/aromatic N) is 2. The summed E-state index contributed by atoms with van der Waals surface area (Å²) in [6.07, 6.45) is 0.918. The summed E-state index contributed by atoms with van der Waals surface area (Å²) >= 11 is 0. The fraction of sp³-hybridized carbons (Fsp3) is 0.267. The summed E-state index contributed by atoms with van der Waals surface area (Å²) in [6.45, 7) is 1.76. The van der Waals surface area contributed by atoms with Gasteiger partial charge in [0.25, 0.3) is 5.69 Å². The van der Waals surface area contributed by atoms with E-state index in [-0.39, 0.29) is 36.1 Å². The van der Waals surface area contributed by atoms with Gasteiger partial charge >= 0.3 is 0 Å². The summed E-state index contributed by atoms with van der Waals surface area (Å²) in [6, 6.07) is 18.4. The number of Topliss-reactive ketones (excluding diaryl/α,β-unsaturated/α-hetero) is 1. The molecule has 0 bridgehead atoms. The lowest BCUT2D eigenvalue weighted by Crippen LogP contribution is -2.38. The first-order valence-electron chi connectivity index (χ1n) is 12.8. The van der Waals surface area contributed by atoms with Crippen molar-refractivity contribution in [3.05, 3.63) is 99.2 Å². The third kappa shape index (κ3) is 4.71. The quantitative estimate of drug-likeness (QED) is 0.313. The van der Waals surface area contributed by atoms with Gasteiger partial charge in [-0.05, 0) is 47.7 Å². The molecule has 0 saturated carbocycles. The minimum Gasteiger partial charge on any atom is -0.493 e. The van der Waals surface area contributed by atoms with Crippen molar-refractivity contribution in [3.63, 3.8) is 0 Å². The first-order valence-corrected chi connectivity index (χ1v) is 12.8. The number of ketones is 1. The van der Waals surface area contributed by atoms with E-state index in [1.807, 2.05) is 42.5 Å². The van der Waals surface area contributed by atoms with Crippen LogP contribution in [-0.4, -0.2) is 30.8 Å². The predicted octanol–water partition coefficient (Wildman–Crippen LogP) is 5.92. The number of benzene rings is 3. The largest absolute Gasteiger partial charge is 0.493 e. The van der Waals surface area contributed by atoms with E-state index >= 15 is 0 Å². The summed E-state index contributed by atoms with van der Waals surface area (Å²) in [5, 5.41) is 15.1. The molecule has 2 aliphatic rings. The monoisotopic (exact) mass is 527 g/mol. The number of amides is 1. The molecule has 1 aliphatic heterocycles. The molecule has 5 rings (SSSR count). The number of anilines is 2. The van der Waals surface area contributed by atoms with Crippen LogP contribution >= 0.6 is 0 Å². The van der Waals surface area contributed by atoms with Crippen LogP contribution in [0.15, 0.2) is 78.0 Å². The number of nitro benzene ring substituents is 1. The van der Waals surface area contributed by atoms with Crippen molar-refractivity contribution in [2.24, 2.45) is 0 Å². The van der Waals surface area contributed by atoms with Gasteiger partial charge in [-0.15, -0.1) is 0 Å². The fourth-order valence-electron chi connectivity index (χ4n) is 5.50. The molecule has 0 saturated heterocycles. The van der Waals surface area contributed by atoms with Gasteiger partial charge < -0.3 is 14.8 Å². The van der Waals surface area contributed by atoms with Crippen LogP contribution in [-0.2, 0) is 9.59 Å². The summed E-state index contributed by atoms with van der Waals surface area (Å²) < 4.78 is 10.9. The number of ether oxygens (including phenoxy) is 2. The minimum absolute atomic E-state index is 0.101. The molecule has 2 atom stereocenters. The van der Waals surface area contributed by atoms with Gasteiger partial charge in [0.1, 0.15) is 0 Å². The molecule has 1 aliphatic carbocycles. The third-order valence-corrected chi connectivity index (χ3v) is 7.34. The number of non-ortho nitro benzene ring substituents is 1. The molecule has 0 aromatic heterocycles. The number of allylic oxidation sites excluding steroid dienone is 1. The minimum atomic E-state index is -0.817. The number of methoxy groups -OCH3 is 2. The van der Waals surface area contributed by atoms with Crippen LogP contribution < -0.4 is 19.7 Å². The lowest BCUT2D eigenvalue weighted by molar-refractivity contribution is -0.384. The zero-order valence-electron chi connectivity index (χ0n) is 22.0. The standard InChI is InChI=1S/C30H29N3O6/c1-4-28(35)32-24-11-6-5-10-22(24)31-23-15-20(18-12-13-26(38-2)27(17-18)39-3)16-25(34)29(23)30(32)19-8-7-9-21(14-19)33(36)37/h5-14,17,20,30-31H,4,15-16H2,1-3H3/t20-,30-/m1/s1. The van der Waals surface area contributed by atoms with Gasteiger partial charge in [0.2, 0.25) is 5.91 Å². The summed E-state index contributed by atoms with van der Waals surface area (Å²) in [5.74, 6) is 0.723. The van der Waals surface area contributed by atoms with Crippen LogP contribution in [0.3, 0.4) is 0 Å². The number of hydrogen-bond donors (Lipinski definition) is 1. The second-order valence-corrected chi connectivity index (χ2v) is 9.55. The first kappa shape index (κ1) is 26.0. The smallest absolute Gasteiger partial charge is 0.269 e. The Balaban J connectivity index is 1.69. The first-order chi connectivity index (χ1) is 18.9. The van der Waals surface area contributed by atoms with Crippen LogP contribution in [0.5, 0.6) is 11.5 Å². The highest BCUT2D eigenvalue weighted by atomic mass is 16.6. The normalized spacial score (nSPS) is 18.4. The molecule has 0 radical (unpaired) electrons.